The number of ether oxygens (including phenoxy) is 1. The Kier molecular flexibility index (Phi) is 5.58. The van der Waals surface area contributed by atoms with Crippen LogP contribution in [0.1, 0.15) is 31.2 Å². The first-order chi connectivity index (χ1) is 11.3. The number of esters is 1. The zero-order valence-electron chi connectivity index (χ0n) is 12.9. The highest BCUT2D eigenvalue weighted by atomic mass is 35.5. The number of carbonyl (C=O) groups excluding carboxylic acids is 2. The molecule has 1 aromatic carbocycles. The van der Waals surface area contributed by atoms with Gasteiger partial charge in [0, 0.05) is 5.02 Å². The average Bonchev–Trinajstić information content (AvgIpc) is 2.51. The zero-order valence-corrected chi connectivity index (χ0v) is 13.7. The molecule has 0 saturated heterocycles. The van der Waals surface area contributed by atoms with Crippen molar-refractivity contribution in [2.75, 3.05) is 0 Å². The van der Waals surface area contributed by atoms with Crippen LogP contribution in [0.15, 0.2) is 24.3 Å². The summed E-state index contributed by atoms with van der Waals surface area (Å²) in [6.45, 7) is 0. The van der Waals surface area contributed by atoms with Gasteiger partial charge in [0.25, 0.3) is 0 Å². The van der Waals surface area contributed by atoms with Gasteiger partial charge in [-0.2, -0.15) is 0 Å². The van der Waals surface area contributed by atoms with Gasteiger partial charge in [-0.05, 0) is 30.9 Å². The number of carbonyl (C=O) groups is 3. The van der Waals surface area contributed by atoms with E-state index in [9.17, 15) is 14.4 Å². The van der Waals surface area contributed by atoms with Gasteiger partial charge in [-0.3, -0.25) is 14.4 Å². The number of nitrogens with two attached hydrogens (primary N) is 2. The highest BCUT2D eigenvalue weighted by Crippen LogP contribution is 2.36. The maximum atomic E-state index is 12.8. The van der Waals surface area contributed by atoms with E-state index in [1.165, 1.54) is 0 Å². The summed E-state index contributed by atoms with van der Waals surface area (Å²) >= 11 is 6.15. The van der Waals surface area contributed by atoms with Crippen molar-refractivity contribution in [2.24, 2.45) is 11.5 Å². The molecule has 1 saturated carbocycles. The third-order valence-electron chi connectivity index (χ3n) is 4.08. The third kappa shape index (κ3) is 3.75. The summed E-state index contributed by atoms with van der Waals surface area (Å²) in [5, 5.41) is 9.03. The molecule has 0 aromatic heterocycles. The lowest BCUT2D eigenvalue weighted by Gasteiger charge is -2.36. The molecule has 1 aliphatic rings. The number of carboxylic acids is 1. The number of Topliss-reactive ketones (excluding diaryl/α,β-unsaturated/α-hetero) is 1. The largest absolute Gasteiger partial charge is 0.481 e. The molecule has 0 amide bonds. The van der Waals surface area contributed by atoms with Crippen molar-refractivity contribution in [3.05, 3.63) is 34.9 Å². The monoisotopic (exact) mass is 354 g/mol. The van der Waals surface area contributed by atoms with E-state index in [1.807, 2.05) is 0 Å². The molecule has 0 radical (unpaired) electrons. The SMILES string of the molecule is N[C@@H](CC(=O)O)C(=O)O[C@H]1CCC[C@@](N)(c2ccccc2Cl)C1=O. The number of rotatable bonds is 5. The van der Waals surface area contributed by atoms with Crippen LogP contribution in [0.5, 0.6) is 0 Å². The number of carboxylic acid groups (broad SMARTS) is 1. The standard InChI is InChI=1S/C16H19ClN2O5/c17-10-5-2-1-4-9(10)16(19)7-3-6-12(14(16)22)24-15(23)11(18)8-13(20)21/h1-2,4-5,11-12H,3,6-8,18-19H2,(H,20,21)/t11-,12-,16+/m0/s1. The lowest BCUT2D eigenvalue weighted by molar-refractivity contribution is -0.162. The van der Waals surface area contributed by atoms with Crippen LogP contribution in [0.4, 0.5) is 0 Å². The van der Waals surface area contributed by atoms with E-state index >= 15 is 0 Å². The summed E-state index contributed by atoms with van der Waals surface area (Å²) in [6, 6.07) is 5.43. The first-order valence-corrected chi connectivity index (χ1v) is 7.89. The quantitative estimate of drug-likeness (QED) is 0.670. The van der Waals surface area contributed by atoms with Crippen LogP contribution >= 0.6 is 11.6 Å². The van der Waals surface area contributed by atoms with Crippen molar-refractivity contribution < 1.29 is 24.2 Å². The van der Waals surface area contributed by atoms with E-state index in [2.05, 4.69) is 0 Å². The molecule has 130 valence electrons. The van der Waals surface area contributed by atoms with Crippen molar-refractivity contribution in [3.63, 3.8) is 0 Å². The molecule has 2 rings (SSSR count). The lowest BCUT2D eigenvalue weighted by atomic mass is 9.75. The predicted molar refractivity (Wildman–Crippen MR) is 86.3 cm³/mol. The third-order valence-corrected chi connectivity index (χ3v) is 4.41. The molecule has 7 nitrogen and oxygen atoms in total. The van der Waals surface area contributed by atoms with Crippen LogP contribution < -0.4 is 11.5 Å². The van der Waals surface area contributed by atoms with E-state index in [0.717, 1.165) is 0 Å². The summed E-state index contributed by atoms with van der Waals surface area (Å²) in [4.78, 5) is 35.2. The zero-order chi connectivity index (χ0) is 17.9. The number of ketones is 1. The van der Waals surface area contributed by atoms with Crippen molar-refractivity contribution in [1.82, 2.24) is 0 Å². The van der Waals surface area contributed by atoms with Crippen LogP contribution in [0.3, 0.4) is 0 Å². The Morgan fingerprint density at radius 3 is 2.71 bits per heavy atom. The van der Waals surface area contributed by atoms with Crippen molar-refractivity contribution in [1.29, 1.82) is 0 Å². The molecule has 24 heavy (non-hydrogen) atoms. The van der Waals surface area contributed by atoms with Crippen LogP contribution in [-0.2, 0) is 24.7 Å². The molecule has 0 heterocycles. The van der Waals surface area contributed by atoms with Gasteiger partial charge in [-0.25, -0.2) is 0 Å². The summed E-state index contributed by atoms with van der Waals surface area (Å²) in [7, 11) is 0. The van der Waals surface area contributed by atoms with Crippen molar-refractivity contribution in [3.8, 4) is 0 Å². The molecule has 1 aromatic rings. The number of aliphatic carboxylic acids is 1. The first-order valence-electron chi connectivity index (χ1n) is 7.52. The Morgan fingerprint density at radius 2 is 2.08 bits per heavy atom. The van der Waals surface area contributed by atoms with Gasteiger partial charge in [0.1, 0.15) is 11.6 Å². The highest BCUT2D eigenvalue weighted by molar-refractivity contribution is 6.31. The summed E-state index contributed by atoms with van der Waals surface area (Å²) in [5.74, 6) is -2.62. The minimum absolute atomic E-state index is 0.313. The molecule has 0 bridgehead atoms. The van der Waals surface area contributed by atoms with Gasteiger partial charge >= 0.3 is 11.9 Å². The van der Waals surface area contributed by atoms with Crippen molar-refractivity contribution >= 4 is 29.3 Å². The highest BCUT2D eigenvalue weighted by Gasteiger charge is 2.46. The van der Waals surface area contributed by atoms with Gasteiger partial charge in [0.05, 0.1) is 6.42 Å². The predicted octanol–water partition coefficient (Wildman–Crippen LogP) is 0.961. The minimum Gasteiger partial charge on any atom is -0.481 e. The fourth-order valence-electron chi connectivity index (χ4n) is 2.81. The Labute approximate surface area is 143 Å². The fourth-order valence-corrected chi connectivity index (χ4v) is 3.11. The van der Waals surface area contributed by atoms with E-state index in [-0.39, 0.29) is 0 Å². The fraction of sp³-hybridized carbons (Fsp3) is 0.438. The minimum atomic E-state index is -1.35. The maximum absolute atomic E-state index is 12.8. The Hall–Kier alpha value is -1.96. The van der Waals surface area contributed by atoms with Gasteiger partial charge in [0.15, 0.2) is 11.9 Å². The number of hydrogen-bond donors (Lipinski definition) is 3. The summed E-state index contributed by atoms with van der Waals surface area (Å²) in [6.07, 6.45) is -0.386. The lowest BCUT2D eigenvalue weighted by Crippen LogP contribution is -2.54. The van der Waals surface area contributed by atoms with Gasteiger partial charge in [-0.15, -0.1) is 0 Å². The second kappa shape index (κ2) is 7.29. The maximum Gasteiger partial charge on any atom is 0.324 e. The molecule has 0 unspecified atom stereocenters. The van der Waals surface area contributed by atoms with Crippen molar-refractivity contribution in [2.45, 2.75) is 43.4 Å². The number of hydrogen-bond acceptors (Lipinski definition) is 6. The second-order valence-corrected chi connectivity index (χ2v) is 6.24. The smallest absolute Gasteiger partial charge is 0.324 e. The number of benzene rings is 1. The molecule has 0 spiro atoms. The molecular weight excluding hydrogens is 336 g/mol. The summed E-state index contributed by atoms with van der Waals surface area (Å²) < 4.78 is 5.12. The molecule has 3 atom stereocenters. The second-order valence-electron chi connectivity index (χ2n) is 5.84. The topological polar surface area (TPSA) is 133 Å². The molecular formula is C16H19ClN2O5. The molecule has 1 aliphatic carbocycles. The summed E-state index contributed by atoms with van der Waals surface area (Å²) in [5.41, 5.74) is 10.9. The molecule has 5 N–H and O–H groups in total. The normalized spacial score (nSPS) is 25.1. The Balaban J connectivity index is 2.17. The van der Waals surface area contributed by atoms with Crippen LogP contribution in [-0.4, -0.2) is 35.0 Å². The Bertz CT molecular complexity index is 666. The van der Waals surface area contributed by atoms with Gasteiger partial charge < -0.3 is 21.3 Å². The van der Waals surface area contributed by atoms with E-state index in [4.69, 9.17) is 32.9 Å². The molecule has 1 fully saturated rings. The Morgan fingerprint density at radius 1 is 1.42 bits per heavy atom. The van der Waals surface area contributed by atoms with Crippen LogP contribution in [0.2, 0.25) is 5.02 Å². The molecule has 0 aliphatic heterocycles. The van der Waals surface area contributed by atoms with Crippen LogP contribution in [0.25, 0.3) is 0 Å². The first kappa shape index (κ1) is 18.4. The van der Waals surface area contributed by atoms with E-state index < -0.39 is 41.8 Å². The van der Waals surface area contributed by atoms with Gasteiger partial charge in [-0.1, -0.05) is 29.8 Å². The molecule has 8 heteroatoms. The number of halogens is 1. The van der Waals surface area contributed by atoms with E-state index in [1.54, 1.807) is 24.3 Å². The van der Waals surface area contributed by atoms with E-state index in [0.29, 0.717) is 29.8 Å². The van der Waals surface area contributed by atoms with Gasteiger partial charge in [0.2, 0.25) is 0 Å². The van der Waals surface area contributed by atoms with Crippen LogP contribution in [0, 0.1) is 0 Å². The average molecular weight is 355 g/mol.